The lowest BCUT2D eigenvalue weighted by atomic mass is 9.44. The number of benzene rings is 4. The van der Waals surface area contributed by atoms with E-state index in [1.165, 1.54) is 116 Å². The topological polar surface area (TPSA) is 3.24 Å². The third-order valence-corrected chi connectivity index (χ3v) is 16.8. The minimum Gasteiger partial charge on any atom is -0.310 e. The van der Waals surface area contributed by atoms with Gasteiger partial charge in [0.25, 0.3) is 0 Å². The van der Waals surface area contributed by atoms with Gasteiger partial charge >= 0.3 is 0 Å². The highest BCUT2D eigenvalue weighted by atomic mass is 15.1. The standard InChI is InChI=1S/C48H51N/c1-45(2)41-8-4-3-7-39(41)40-16-15-38(22-43(40)45)49(37-13-11-35(12-14-37)46-23-30-17-31(24-46)19-32(18-30)25-46)44-10-6-5-9-42(44)48-28-34-20-33-21-36(29-48)47(48,26-33)27-34/h3-16,22,30-34,36H,17-21,23-29H2,1-2H3/t30?,31?,32?,33?,34?,36?,46?,47-,48?/m1/s1. The molecule has 0 N–H and O–H groups in total. The molecule has 9 aliphatic rings. The number of rotatable bonds is 5. The van der Waals surface area contributed by atoms with Crippen LogP contribution in [0, 0.1) is 40.9 Å². The molecule has 8 saturated carbocycles. The first-order valence-corrected chi connectivity index (χ1v) is 20.1. The highest BCUT2D eigenvalue weighted by molar-refractivity contribution is 5.86. The number of hydrogen-bond donors (Lipinski definition) is 0. The summed E-state index contributed by atoms with van der Waals surface area (Å²) in [5.41, 5.74) is 14.5. The molecule has 0 aliphatic heterocycles. The third kappa shape index (κ3) is 3.54. The maximum absolute atomic E-state index is 2.70. The van der Waals surface area contributed by atoms with Crippen molar-refractivity contribution in [1.29, 1.82) is 0 Å². The summed E-state index contributed by atoms with van der Waals surface area (Å²) in [5.74, 6) is 5.81. The number of anilines is 3. The highest BCUT2D eigenvalue weighted by Crippen LogP contribution is 2.82. The molecule has 9 aliphatic carbocycles. The van der Waals surface area contributed by atoms with Crippen LogP contribution in [-0.2, 0) is 16.2 Å². The maximum atomic E-state index is 2.70. The Morgan fingerprint density at radius 3 is 1.90 bits per heavy atom. The molecule has 4 aromatic rings. The number of hydrogen-bond acceptors (Lipinski definition) is 1. The van der Waals surface area contributed by atoms with Gasteiger partial charge in [0, 0.05) is 27.9 Å². The molecule has 5 atom stereocenters. The van der Waals surface area contributed by atoms with Crippen molar-refractivity contribution in [1.82, 2.24) is 0 Å². The van der Waals surface area contributed by atoms with Gasteiger partial charge in [0.05, 0.1) is 0 Å². The van der Waals surface area contributed by atoms with E-state index in [-0.39, 0.29) is 5.41 Å². The summed E-state index contributed by atoms with van der Waals surface area (Å²) < 4.78 is 0. The first kappa shape index (κ1) is 28.4. The van der Waals surface area contributed by atoms with Gasteiger partial charge in [-0.3, -0.25) is 0 Å². The predicted octanol–water partition coefficient (Wildman–Crippen LogP) is 12.4. The second kappa shape index (κ2) is 9.31. The molecule has 1 spiro atoms. The second-order valence-corrected chi connectivity index (χ2v) is 19.5. The van der Waals surface area contributed by atoms with Gasteiger partial charge in [-0.1, -0.05) is 74.5 Å². The zero-order valence-electron chi connectivity index (χ0n) is 29.6. The molecular weight excluding hydrogens is 591 g/mol. The summed E-state index contributed by atoms with van der Waals surface area (Å²) in [5, 5.41) is 0. The van der Waals surface area contributed by atoms with Gasteiger partial charge in [0.15, 0.2) is 0 Å². The van der Waals surface area contributed by atoms with Crippen molar-refractivity contribution in [2.24, 2.45) is 40.9 Å². The molecule has 0 heterocycles. The van der Waals surface area contributed by atoms with Crippen LogP contribution in [0.3, 0.4) is 0 Å². The van der Waals surface area contributed by atoms with Crippen LogP contribution < -0.4 is 4.90 Å². The predicted molar refractivity (Wildman–Crippen MR) is 201 cm³/mol. The smallest absolute Gasteiger partial charge is 0.0499 e. The van der Waals surface area contributed by atoms with E-state index in [1.54, 1.807) is 11.1 Å². The summed E-state index contributed by atoms with van der Waals surface area (Å²) >= 11 is 0. The van der Waals surface area contributed by atoms with Crippen molar-refractivity contribution >= 4 is 17.1 Å². The normalized spacial score (nSPS) is 39.1. The van der Waals surface area contributed by atoms with E-state index >= 15 is 0 Å². The quantitative estimate of drug-likeness (QED) is 0.210. The Morgan fingerprint density at radius 2 is 1.12 bits per heavy atom. The van der Waals surface area contributed by atoms with Gasteiger partial charge in [-0.15, -0.1) is 0 Å². The van der Waals surface area contributed by atoms with Crippen LogP contribution in [0.1, 0.15) is 113 Å². The highest BCUT2D eigenvalue weighted by Gasteiger charge is 2.75. The summed E-state index contributed by atoms with van der Waals surface area (Å²) in [6, 6.07) is 36.5. The van der Waals surface area contributed by atoms with E-state index in [9.17, 15) is 0 Å². The molecule has 0 amide bonds. The molecule has 248 valence electrons. The van der Waals surface area contributed by atoms with Gasteiger partial charge in [0.1, 0.15) is 0 Å². The Bertz CT molecular complexity index is 1990. The Kier molecular flexibility index (Phi) is 5.39. The minimum absolute atomic E-state index is 0.0181. The maximum Gasteiger partial charge on any atom is 0.0499 e. The van der Waals surface area contributed by atoms with E-state index in [1.807, 2.05) is 0 Å². The van der Waals surface area contributed by atoms with Crippen LogP contribution in [0.25, 0.3) is 11.1 Å². The van der Waals surface area contributed by atoms with Gasteiger partial charge in [-0.25, -0.2) is 0 Å². The third-order valence-electron chi connectivity index (χ3n) is 16.8. The average molecular weight is 642 g/mol. The van der Waals surface area contributed by atoms with Crippen molar-refractivity contribution in [3.05, 3.63) is 113 Å². The van der Waals surface area contributed by atoms with Crippen LogP contribution in [0.15, 0.2) is 91.0 Å². The van der Waals surface area contributed by atoms with Crippen LogP contribution in [-0.4, -0.2) is 0 Å². The fourth-order valence-electron chi connectivity index (χ4n) is 15.6. The van der Waals surface area contributed by atoms with E-state index in [2.05, 4.69) is 110 Å². The molecule has 7 bridgehead atoms. The van der Waals surface area contributed by atoms with Gasteiger partial charge in [0.2, 0.25) is 0 Å². The number of fused-ring (bicyclic) bond motifs is 5. The van der Waals surface area contributed by atoms with E-state index in [0.29, 0.717) is 16.2 Å². The first-order valence-electron chi connectivity index (χ1n) is 20.1. The van der Waals surface area contributed by atoms with Crippen molar-refractivity contribution < 1.29 is 0 Å². The van der Waals surface area contributed by atoms with E-state index in [4.69, 9.17) is 0 Å². The average Bonchev–Trinajstić information content (AvgIpc) is 3.54. The zero-order chi connectivity index (χ0) is 32.3. The molecule has 49 heavy (non-hydrogen) atoms. The van der Waals surface area contributed by atoms with Crippen molar-refractivity contribution in [2.75, 3.05) is 4.90 Å². The van der Waals surface area contributed by atoms with E-state index < -0.39 is 0 Å². The molecule has 0 aromatic heterocycles. The van der Waals surface area contributed by atoms with Crippen LogP contribution in [0.5, 0.6) is 0 Å². The molecule has 0 saturated heterocycles. The number of para-hydroxylation sites is 1. The van der Waals surface area contributed by atoms with Crippen LogP contribution in [0.4, 0.5) is 17.1 Å². The SMILES string of the molecule is CC1(C)c2ccccc2-c2ccc(N(c3ccc(C45CC6CC(CC(C6)C4)C5)cc3)c3ccccc3C34CC5CC6CC(C3)[C@@]4(C6)C5)cc21. The lowest BCUT2D eigenvalue weighted by molar-refractivity contribution is -0.0351. The van der Waals surface area contributed by atoms with Gasteiger partial charge in [-0.05, 0) is 187 Å². The minimum atomic E-state index is -0.0181. The second-order valence-electron chi connectivity index (χ2n) is 19.5. The van der Waals surface area contributed by atoms with E-state index in [0.717, 1.165) is 35.5 Å². The Labute approximate surface area is 293 Å². The Morgan fingerprint density at radius 1 is 0.510 bits per heavy atom. The Balaban J connectivity index is 1.02. The van der Waals surface area contributed by atoms with Crippen molar-refractivity contribution in [3.63, 3.8) is 0 Å². The molecule has 4 aromatic carbocycles. The monoisotopic (exact) mass is 641 g/mol. The van der Waals surface area contributed by atoms with Crippen LogP contribution >= 0.6 is 0 Å². The van der Waals surface area contributed by atoms with Gasteiger partial charge < -0.3 is 4.90 Å². The summed E-state index contributed by atoms with van der Waals surface area (Å²) in [6.07, 6.45) is 17.6. The lowest BCUT2D eigenvalue weighted by Gasteiger charge is -2.60. The lowest BCUT2D eigenvalue weighted by Crippen LogP contribution is -2.55. The molecule has 1 heteroatoms. The zero-order valence-corrected chi connectivity index (χ0v) is 29.6. The Hall–Kier alpha value is -3.32. The fourth-order valence-corrected chi connectivity index (χ4v) is 15.6. The molecule has 8 fully saturated rings. The van der Waals surface area contributed by atoms with Crippen LogP contribution in [0.2, 0.25) is 0 Å². The number of nitrogens with zero attached hydrogens (tertiary/aromatic N) is 1. The molecule has 0 radical (unpaired) electrons. The largest absolute Gasteiger partial charge is 0.310 e. The summed E-state index contributed by atoms with van der Waals surface area (Å²) in [6.45, 7) is 4.86. The summed E-state index contributed by atoms with van der Waals surface area (Å²) in [4.78, 5) is 2.70. The van der Waals surface area contributed by atoms with Crippen molar-refractivity contribution in [2.45, 2.75) is 107 Å². The molecule has 13 rings (SSSR count). The molecule has 4 unspecified atom stereocenters. The van der Waals surface area contributed by atoms with Crippen molar-refractivity contribution in [3.8, 4) is 11.1 Å². The van der Waals surface area contributed by atoms with Gasteiger partial charge in [-0.2, -0.15) is 0 Å². The summed E-state index contributed by atoms with van der Waals surface area (Å²) in [7, 11) is 0. The molecule has 1 nitrogen and oxygen atoms in total. The molecular formula is C48H51N. The first-order chi connectivity index (χ1) is 23.8. The fraction of sp³-hybridized carbons (Fsp3) is 0.500.